The molecule has 0 radical (unpaired) electrons. The highest BCUT2D eigenvalue weighted by atomic mass is 16.3. The second kappa shape index (κ2) is 7.22. The van der Waals surface area contributed by atoms with Crippen molar-refractivity contribution >= 4 is 11.8 Å². The third kappa shape index (κ3) is 4.04. The van der Waals surface area contributed by atoms with Gasteiger partial charge in [0.1, 0.15) is 0 Å². The summed E-state index contributed by atoms with van der Waals surface area (Å²) < 4.78 is 0. The molecule has 5 heteroatoms. The number of hydrogen-bond donors (Lipinski definition) is 2. The van der Waals surface area contributed by atoms with Crippen molar-refractivity contribution < 1.29 is 14.7 Å². The minimum atomic E-state index is -0.221. The lowest BCUT2D eigenvalue weighted by Crippen LogP contribution is -2.45. The van der Waals surface area contributed by atoms with Crippen LogP contribution in [-0.4, -0.2) is 47.6 Å². The molecule has 2 rings (SSSR count). The summed E-state index contributed by atoms with van der Waals surface area (Å²) in [5.41, 5.74) is 0.689. The number of carbonyl (C=O) groups is 2. The Bertz CT molecular complexity index is 482. The minimum absolute atomic E-state index is 0.0247. The van der Waals surface area contributed by atoms with Gasteiger partial charge in [-0.2, -0.15) is 0 Å². The number of piperidine rings is 1. The molecule has 0 spiro atoms. The van der Waals surface area contributed by atoms with E-state index in [0.29, 0.717) is 31.5 Å². The van der Waals surface area contributed by atoms with E-state index in [1.807, 2.05) is 30.3 Å². The Morgan fingerprint density at radius 1 is 1.29 bits per heavy atom. The van der Waals surface area contributed by atoms with E-state index in [4.69, 9.17) is 5.11 Å². The molecule has 1 aromatic carbocycles. The van der Waals surface area contributed by atoms with E-state index in [9.17, 15) is 9.59 Å². The molecule has 0 saturated carbocycles. The van der Waals surface area contributed by atoms with E-state index >= 15 is 0 Å². The molecule has 1 saturated heterocycles. The number of hydrogen-bond acceptors (Lipinski definition) is 3. The highest BCUT2D eigenvalue weighted by molar-refractivity contribution is 5.94. The van der Waals surface area contributed by atoms with Gasteiger partial charge in [-0.15, -0.1) is 0 Å². The van der Waals surface area contributed by atoms with Gasteiger partial charge in [0.25, 0.3) is 5.91 Å². The average molecular weight is 290 g/mol. The number of nitrogens with zero attached hydrogens (tertiary/aromatic N) is 1. The highest BCUT2D eigenvalue weighted by Crippen LogP contribution is 2.19. The molecule has 2 amide bonds. The Hall–Kier alpha value is -1.88. The predicted octanol–water partition coefficient (Wildman–Crippen LogP) is 1.04. The average Bonchev–Trinajstić information content (AvgIpc) is 2.55. The van der Waals surface area contributed by atoms with Gasteiger partial charge in [-0.3, -0.25) is 9.59 Å². The smallest absolute Gasteiger partial charge is 0.253 e. The Labute approximate surface area is 125 Å². The van der Waals surface area contributed by atoms with E-state index in [-0.39, 0.29) is 30.4 Å². The monoisotopic (exact) mass is 290 g/mol. The van der Waals surface area contributed by atoms with E-state index in [1.54, 1.807) is 11.8 Å². The van der Waals surface area contributed by atoms with Gasteiger partial charge in [0.15, 0.2) is 0 Å². The second-order valence-electron chi connectivity index (χ2n) is 5.52. The molecular formula is C16H22N2O3. The van der Waals surface area contributed by atoms with Crippen molar-refractivity contribution in [1.82, 2.24) is 10.2 Å². The number of carbonyl (C=O) groups excluding carboxylic acids is 2. The molecule has 0 unspecified atom stereocenters. The molecule has 114 valence electrons. The Morgan fingerprint density at radius 2 is 1.90 bits per heavy atom. The van der Waals surface area contributed by atoms with Crippen LogP contribution >= 0.6 is 0 Å². The van der Waals surface area contributed by atoms with Gasteiger partial charge in [-0.25, -0.2) is 0 Å². The fourth-order valence-electron chi connectivity index (χ4n) is 2.51. The Balaban J connectivity index is 1.86. The molecule has 1 heterocycles. The lowest BCUT2D eigenvalue weighted by Gasteiger charge is -2.31. The summed E-state index contributed by atoms with van der Waals surface area (Å²) in [7, 11) is 0. The topological polar surface area (TPSA) is 69.6 Å². The third-order valence-electron chi connectivity index (χ3n) is 3.84. The van der Waals surface area contributed by atoms with Crippen LogP contribution in [0.15, 0.2) is 30.3 Å². The quantitative estimate of drug-likeness (QED) is 0.870. The summed E-state index contributed by atoms with van der Waals surface area (Å²) in [6, 6.07) is 8.98. The lowest BCUT2D eigenvalue weighted by molar-refractivity contribution is -0.127. The summed E-state index contributed by atoms with van der Waals surface area (Å²) in [4.78, 5) is 26.1. The molecule has 1 aliphatic heterocycles. The normalized spacial score (nSPS) is 17.3. The number of amides is 2. The maximum Gasteiger partial charge on any atom is 0.253 e. The predicted molar refractivity (Wildman–Crippen MR) is 79.8 cm³/mol. The van der Waals surface area contributed by atoms with Gasteiger partial charge in [-0.1, -0.05) is 18.2 Å². The van der Waals surface area contributed by atoms with Crippen LogP contribution in [0.3, 0.4) is 0 Å². The summed E-state index contributed by atoms with van der Waals surface area (Å²) in [5, 5.41) is 11.7. The Morgan fingerprint density at radius 3 is 2.48 bits per heavy atom. The van der Waals surface area contributed by atoms with Gasteiger partial charge >= 0.3 is 0 Å². The summed E-state index contributed by atoms with van der Waals surface area (Å²) in [6.07, 6.45) is 1.34. The fourth-order valence-corrected chi connectivity index (χ4v) is 2.51. The van der Waals surface area contributed by atoms with Crippen molar-refractivity contribution in [2.24, 2.45) is 5.92 Å². The van der Waals surface area contributed by atoms with Gasteiger partial charge < -0.3 is 15.3 Å². The molecule has 5 nitrogen and oxygen atoms in total. The number of rotatable bonds is 4. The van der Waals surface area contributed by atoms with Gasteiger partial charge in [-0.05, 0) is 31.9 Å². The van der Waals surface area contributed by atoms with E-state index in [0.717, 1.165) is 0 Å². The van der Waals surface area contributed by atoms with Crippen LogP contribution in [-0.2, 0) is 4.79 Å². The number of benzene rings is 1. The van der Waals surface area contributed by atoms with Crippen LogP contribution in [0, 0.1) is 5.92 Å². The zero-order valence-electron chi connectivity index (χ0n) is 12.3. The second-order valence-corrected chi connectivity index (χ2v) is 5.52. The minimum Gasteiger partial charge on any atom is -0.394 e. The molecule has 1 aliphatic rings. The first-order chi connectivity index (χ1) is 10.1. The zero-order valence-corrected chi connectivity index (χ0v) is 12.3. The molecule has 1 aromatic rings. The van der Waals surface area contributed by atoms with Crippen LogP contribution in [0.5, 0.6) is 0 Å². The van der Waals surface area contributed by atoms with Crippen molar-refractivity contribution in [3.05, 3.63) is 35.9 Å². The van der Waals surface area contributed by atoms with Crippen LogP contribution in [0.2, 0.25) is 0 Å². The van der Waals surface area contributed by atoms with Gasteiger partial charge in [0.05, 0.1) is 6.61 Å². The third-order valence-corrected chi connectivity index (χ3v) is 3.84. The highest BCUT2D eigenvalue weighted by Gasteiger charge is 2.28. The van der Waals surface area contributed by atoms with Crippen molar-refractivity contribution in [2.45, 2.75) is 25.8 Å². The molecule has 1 fully saturated rings. The molecule has 0 aromatic heterocycles. The largest absolute Gasteiger partial charge is 0.394 e. The molecule has 1 atom stereocenters. The molecule has 21 heavy (non-hydrogen) atoms. The van der Waals surface area contributed by atoms with Crippen LogP contribution < -0.4 is 5.32 Å². The van der Waals surface area contributed by atoms with Crippen LogP contribution in [0.4, 0.5) is 0 Å². The van der Waals surface area contributed by atoms with Crippen molar-refractivity contribution in [2.75, 3.05) is 19.7 Å². The number of likely N-dealkylation sites (tertiary alicyclic amines) is 1. The van der Waals surface area contributed by atoms with Crippen LogP contribution in [0.1, 0.15) is 30.1 Å². The van der Waals surface area contributed by atoms with Crippen molar-refractivity contribution in [1.29, 1.82) is 0 Å². The Kier molecular flexibility index (Phi) is 5.33. The lowest BCUT2D eigenvalue weighted by atomic mass is 9.95. The van der Waals surface area contributed by atoms with E-state index in [1.165, 1.54) is 0 Å². The van der Waals surface area contributed by atoms with Crippen molar-refractivity contribution in [3.63, 3.8) is 0 Å². The summed E-state index contributed by atoms with van der Waals surface area (Å²) in [6.45, 7) is 2.90. The molecular weight excluding hydrogens is 268 g/mol. The fraction of sp³-hybridized carbons (Fsp3) is 0.500. The molecule has 0 bridgehead atoms. The van der Waals surface area contributed by atoms with Crippen LogP contribution in [0.25, 0.3) is 0 Å². The number of aliphatic hydroxyl groups excluding tert-OH is 1. The molecule has 2 N–H and O–H groups in total. The van der Waals surface area contributed by atoms with Gasteiger partial charge in [0.2, 0.25) is 5.91 Å². The van der Waals surface area contributed by atoms with Crippen molar-refractivity contribution in [3.8, 4) is 0 Å². The van der Waals surface area contributed by atoms with Gasteiger partial charge in [0, 0.05) is 30.6 Å². The summed E-state index contributed by atoms with van der Waals surface area (Å²) in [5.74, 6) is -0.0691. The van der Waals surface area contributed by atoms with E-state index < -0.39 is 0 Å². The first-order valence-electron chi connectivity index (χ1n) is 7.37. The maximum atomic E-state index is 12.3. The number of aliphatic hydroxyl groups is 1. The molecule has 0 aliphatic carbocycles. The number of nitrogens with one attached hydrogen (secondary N) is 1. The summed E-state index contributed by atoms with van der Waals surface area (Å²) >= 11 is 0. The standard InChI is InChI=1S/C16H22N2O3/c1-12(11-19)17-15(20)13-7-9-18(10-8-13)16(21)14-5-3-2-4-6-14/h2-6,12-13,19H,7-11H2,1H3,(H,17,20)/t12-/m0/s1. The SMILES string of the molecule is C[C@@H](CO)NC(=O)C1CCN(C(=O)c2ccccc2)CC1. The maximum absolute atomic E-state index is 12.3. The van der Waals surface area contributed by atoms with E-state index in [2.05, 4.69) is 5.32 Å². The first kappa shape index (κ1) is 15.5. The zero-order chi connectivity index (χ0) is 15.2. The first-order valence-corrected chi connectivity index (χ1v) is 7.37.